The molecule has 0 atom stereocenters. The van der Waals surface area contributed by atoms with E-state index in [0.29, 0.717) is 31.6 Å². The molecule has 2 N–H and O–H groups in total. The molecule has 1 aromatic carbocycles. The van der Waals surface area contributed by atoms with Gasteiger partial charge in [0.25, 0.3) is 5.91 Å². The van der Waals surface area contributed by atoms with Crippen LogP contribution in [0.5, 0.6) is 0 Å². The van der Waals surface area contributed by atoms with Gasteiger partial charge in [0.2, 0.25) is 0 Å². The smallest absolute Gasteiger partial charge is 0.311 e. The third-order valence-corrected chi connectivity index (χ3v) is 4.70. The summed E-state index contributed by atoms with van der Waals surface area (Å²) in [5.74, 6) is -1.16. The highest BCUT2D eigenvalue weighted by Gasteiger charge is 2.40. The number of aromatic nitrogens is 2. The predicted octanol–water partition coefficient (Wildman–Crippen LogP) is 1.79. The van der Waals surface area contributed by atoms with E-state index in [2.05, 4.69) is 10.4 Å². The fraction of sp³-hybridized carbons (Fsp3) is 0.389. The van der Waals surface area contributed by atoms with Crippen molar-refractivity contribution in [3.8, 4) is 5.69 Å². The van der Waals surface area contributed by atoms with Crippen LogP contribution in [0.1, 0.15) is 28.8 Å². The fourth-order valence-electron chi connectivity index (χ4n) is 3.04. The zero-order chi connectivity index (χ0) is 17.9. The molecule has 1 aromatic heterocycles. The van der Waals surface area contributed by atoms with Crippen molar-refractivity contribution in [1.29, 1.82) is 0 Å². The van der Waals surface area contributed by atoms with Crippen LogP contribution in [-0.4, -0.2) is 46.5 Å². The molecular weight excluding hydrogens is 322 g/mol. The van der Waals surface area contributed by atoms with Gasteiger partial charge in [0.15, 0.2) is 0 Å². The summed E-state index contributed by atoms with van der Waals surface area (Å²) in [6, 6.07) is 7.17. The number of amides is 1. The standard InChI is InChI=1S/C18H21N3O4/c1-13-11-14(3-4-15(13)21-8-2-7-20-21)16(22)19-12-18(17(23)24)5-9-25-10-6-18/h2-4,7-8,11H,5-6,9-10,12H2,1H3,(H,19,22)(H,23,24). The molecule has 2 heterocycles. The van der Waals surface area contributed by atoms with Gasteiger partial charge in [-0.25, -0.2) is 4.68 Å². The number of carboxylic acids is 1. The minimum absolute atomic E-state index is 0.102. The Morgan fingerprint density at radius 2 is 2.12 bits per heavy atom. The molecule has 0 aliphatic carbocycles. The van der Waals surface area contributed by atoms with Crippen LogP contribution in [0.2, 0.25) is 0 Å². The number of rotatable bonds is 5. The first-order valence-electron chi connectivity index (χ1n) is 8.22. The maximum Gasteiger partial charge on any atom is 0.311 e. The van der Waals surface area contributed by atoms with E-state index in [4.69, 9.17) is 4.74 Å². The number of ether oxygens (including phenoxy) is 1. The molecular formula is C18H21N3O4. The van der Waals surface area contributed by atoms with E-state index in [0.717, 1.165) is 11.3 Å². The van der Waals surface area contributed by atoms with E-state index in [1.54, 1.807) is 23.0 Å². The molecule has 0 radical (unpaired) electrons. The van der Waals surface area contributed by atoms with E-state index in [9.17, 15) is 14.7 Å². The highest BCUT2D eigenvalue weighted by Crippen LogP contribution is 2.30. The number of nitrogens with one attached hydrogen (secondary N) is 1. The molecule has 7 heteroatoms. The molecule has 25 heavy (non-hydrogen) atoms. The Kier molecular flexibility index (Phi) is 4.85. The topological polar surface area (TPSA) is 93.5 Å². The zero-order valence-corrected chi connectivity index (χ0v) is 14.1. The number of carbonyl (C=O) groups is 2. The van der Waals surface area contributed by atoms with E-state index in [1.807, 2.05) is 25.3 Å². The van der Waals surface area contributed by atoms with Gasteiger partial charge in [-0.15, -0.1) is 0 Å². The third kappa shape index (κ3) is 3.56. The van der Waals surface area contributed by atoms with Crippen molar-refractivity contribution in [2.45, 2.75) is 19.8 Å². The Morgan fingerprint density at radius 1 is 1.36 bits per heavy atom. The van der Waals surface area contributed by atoms with E-state index < -0.39 is 11.4 Å². The summed E-state index contributed by atoms with van der Waals surface area (Å²) < 4.78 is 6.98. The zero-order valence-electron chi connectivity index (χ0n) is 14.1. The number of nitrogens with zero attached hydrogens (tertiary/aromatic N) is 2. The lowest BCUT2D eigenvalue weighted by Gasteiger charge is -2.33. The van der Waals surface area contributed by atoms with Crippen molar-refractivity contribution in [1.82, 2.24) is 15.1 Å². The summed E-state index contributed by atoms with van der Waals surface area (Å²) in [5, 5.41) is 16.5. The largest absolute Gasteiger partial charge is 0.481 e. The van der Waals surface area contributed by atoms with Crippen LogP contribution in [0.4, 0.5) is 0 Å². The Balaban J connectivity index is 1.71. The second kappa shape index (κ2) is 7.06. The second-order valence-electron chi connectivity index (χ2n) is 6.33. The molecule has 0 bridgehead atoms. The van der Waals surface area contributed by atoms with E-state index >= 15 is 0 Å². The molecule has 0 spiro atoms. The van der Waals surface area contributed by atoms with Crippen molar-refractivity contribution < 1.29 is 19.4 Å². The predicted molar refractivity (Wildman–Crippen MR) is 90.8 cm³/mol. The maximum atomic E-state index is 12.4. The fourth-order valence-corrected chi connectivity index (χ4v) is 3.04. The van der Waals surface area contributed by atoms with Crippen LogP contribution in [0.15, 0.2) is 36.7 Å². The Hall–Kier alpha value is -2.67. The number of benzene rings is 1. The molecule has 132 valence electrons. The van der Waals surface area contributed by atoms with Crippen molar-refractivity contribution in [3.63, 3.8) is 0 Å². The van der Waals surface area contributed by atoms with Crippen LogP contribution in [0.3, 0.4) is 0 Å². The number of carboxylic acid groups (broad SMARTS) is 1. The first-order valence-corrected chi connectivity index (χ1v) is 8.22. The number of hydrogen-bond acceptors (Lipinski definition) is 4. The molecule has 3 rings (SSSR count). The van der Waals surface area contributed by atoms with Crippen LogP contribution in [-0.2, 0) is 9.53 Å². The first-order chi connectivity index (χ1) is 12.0. The molecule has 1 amide bonds. The van der Waals surface area contributed by atoms with Gasteiger partial charge >= 0.3 is 5.97 Å². The van der Waals surface area contributed by atoms with Crippen LogP contribution in [0.25, 0.3) is 5.69 Å². The maximum absolute atomic E-state index is 12.4. The summed E-state index contributed by atoms with van der Waals surface area (Å²) in [6.45, 7) is 2.81. The van der Waals surface area contributed by atoms with Gasteiger partial charge in [0, 0.05) is 37.7 Å². The summed E-state index contributed by atoms with van der Waals surface area (Å²) >= 11 is 0. The highest BCUT2D eigenvalue weighted by atomic mass is 16.5. The Bertz CT molecular complexity index is 765. The highest BCUT2D eigenvalue weighted by molar-refractivity contribution is 5.95. The molecule has 0 saturated carbocycles. The van der Waals surface area contributed by atoms with Gasteiger partial charge in [0.1, 0.15) is 0 Å². The van der Waals surface area contributed by atoms with Crippen molar-refractivity contribution in [2.75, 3.05) is 19.8 Å². The lowest BCUT2D eigenvalue weighted by Crippen LogP contribution is -2.46. The van der Waals surface area contributed by atoms with Gasteiger partial charge in [0.05, 0.1) is 11.1 Å². The summed E-state index contributed by atoms with van der Waals surface area (Å²) in [4.78, 5) is 24.1. The quantitative estimate of drug-likeness (QED) is 0.863. The van der Waals surface area contributed by atoms with Gasteiger partial charge in [-0.05, 0) is 49.6 Å². The molecule has 1 saturated heterocycles. The molecule has 1 aliphatic rings. The van der Waals surface area contributed by atoms with Gasteiger partial charge in [-0.3, -0.25) is 9.59 Å². The second-order valence-corrected chi connectivity index (χ2v) is 6.33. The average Bonchev–Trinajstić information content (AvgIpc) is 3.14. The number of aliphatic carboxylic acids is 1. The lowest BCUT2D eigenvalue weighted by atomic mass is 9.80. The first kappa shape index (κ1) is 17.2. The Labute approximate surface area is 145 Å². The summed E-state index contributed by atoms with van der Waals surface area (Å²) in [5.41, 5.74) is 1.36. The van der Waals surface area contributed by atoms with E-state index in [-0.39, 0.29) is 12.5 Å². The van der Waals surface area contributed by atoms with Gasteiger partial charge < -0.3 is 15.2 Å². The molecule has 2 aromatic rings. The van der Waals surface area contributed by atoms with E-state index in [1.165, 1.54) is 0 Å². The minimum Gasteiger partial charge on any atom is -0.481 e. The molecule has 1 aliphatic heterocycles. The average molecular weight is 343 g/mol. The van der Waals surface area contributed by atoms with Gasteiger partial charge in [-0.1, -0.05) is 0 Å². The number of carbonyl (C=O) groups excluding carboxylic acids is 1. The molecule has 1 fully saturated rings. The van der Waals surface area contributed by atoms with Crippen LogP contribution >= 0.6 is 0 Å². The summed E-state index contributed by atoms with van der Waals surface area (Å²) in [7, 11) is 0. The monoisotopic (exact) mass is 343 g/mol. The van der Waals surface area contributed by atoms with Gasteiger partial charge in [-0.2, -0.15) is 5.10 Å². The number of aryl methyl sites for hydroxylation is 1. The third-order valence-electron chi connectivity index (χ3n) is 4.70. The lowest BCUT2D eigenvalue weighted by molar-refractivity contribution is -0.154. The van der Waals surface area contributed by atoms with Crippen molar-refractivity contribution >= 4 is 11.9 Å². The minimum atomic E-state index is -0.946. The number of hydrogen-bond donors (Lipinski definition) is 2. The SMILES string of the molecule is Cc1cc(C(=O)NCC2(C(=O)O)CCOCC2)ccc1-n1cccn1. The molecule has 0 unspecified atom stereocenters. The normalized spacial score (nSPS) is 16.4. The van der Waals surface area contributed by atoms with Crippen molar-refractivity contribution in [3.05, 3.63) is 47.8 Å². The van der Waals surface area contributed by atoms with Crippen molar-refractivity contribution in [2.24, 2.45) is 5.41 Å². The summed E-state index contributed by atoms with van der Waals surface area (Å²) in [6.07, 6.45) is 4.34. The van der Waals surface area contributed by atoms with Crippen LogP contribution in [0, 0.1) is 12.3 Å². The van der Waals surface area contributed by atoms with Crippen LogP contribution < -0.4 is 5.32 Å². The Morgan fingerprint density at radius 3 is 2.72 bits per heavy atom. The molecule has 7 nitrogen and oxygen atoms in total.